The second-order valence-electron chi connectivity index (χ2n) is 4.11. The summed E-state index contributed by atoms with van der Waals surface area (Å²) in [7, 11) is 1.18. The van der Waals surface area contributed by atoms with Crippen molar-refractivity contribution in [1.82, 2.24) is 5.32 Å². The molecular weight excluding hydrogens is 282 g/mol. The average molecular weight is 298 g/mol. The van der Waals surface area contributed by atoms with Crippen LogP contribution in [-0.4, -0.2) is 36.7 Å². The first kappa shape index (κ1) is 16.2. The molecule has 0 radical (unpaired) electrons. The molecule has 1 amide bonds. The number of rotatable bonds is 5. The lowest BCUT2D eigenvalue weighted by molar-refractivity contribution is -0.145. The molecule has 6 heteroatoms. The summed E-state index contributed by atoms with van der Waals surface area (Å²) < 4.78 is 4.44. The molecule has 0 aromatic heterocycles. The number of aliphatic hydroxyl groups excluding tert-OH is 1. The summed E-state index contributed by atoms with van der Waals surface area (Å²) in [5.41, 5.74) is 1.70. The molecular formula is C14H16ClNO4. The van der Waals surface area contributed by atoms with Gasteiger partial charge in [0, 0.05) is 11.1 Å². The number of aliphatic hydroxyl groups is 1. The lowest BCUT2D eigenvalue weighted by atomic mass is 10.1. The van der Waals surface area contributed by atoms with E-state index in [1.807, 2.05) is 19.1 Å². The number of benzene rings is 1. The maximum absolute atomic E-state index is 11.6. The van der Waals surface area contributed by atoms with Crippen molar-refractivity contribution in [2.75, 3.05) is 13.7 Å². The highest BCUT2D eigenvalue weighted by molar-refractivity contribution is 6.31. The van der Waals surface area contributed by atoms with Crippen molar-refractivity contribution in [2.24, 2.45) is 0 Å². The number of hydrogen-bond acceptors (Lipinski definition) is 4. The number of aryl methyl sites for hydroxylation is 1. The summed E-state index contributed by atoms with van der Waals surface area (Å²) in [5.74, 6) is -1.21. The van der Waals surface area contributed by atoms with Crippen LogP contribution in [0.1, 0.15) is 11.1 Å². The van der Waals surface area contributed by atoms with Crippen molar-refractivity contribution in [2.45, 2.75) is 13.0 Å². The Kier molecular flexibility index (Phi) is 6.21. The van der Waals surface area contributed by atoms with E-state index in [0.29, 0.717) is 5.02 Å². The Morgan fingerprint density at radius 2 is 2.20 bits per heavy atom. The fourth-order valence-electron chi connectivity index (χ4n) is 1.43. The van der Waals surface area contributed by atoms with Crippen LogP contribution < -0.4 is 5.32 Å². The van der Waals surface area contributed by atoms with Gasteiger partial charge in [0.1, 0.15) is 0 Å². The minimum absolute atomic E-state index is 0.508. The van der Waals surface area contributed by atoms with Crippen LogP contribution in [0, 0.1) is 6.92 Å². The van der Waals surface area contributed by atoms with E-state index >= 15 is 0 Å². The van der Waals surface area contributed by atoms with Gasteiger partial charge < -0.3 is 15.2 Å². The first-order chi connectivity index (χ1) is 9.47. The molecule has 1 aromatic rings. The Morgan fingerprint density at radius 1 is 1.50 bits per heavy atom. The van der Waals surface area contributed by atoms with E-state index in [1.165, 1.54) is 13.2 Å². The minimum Gasteiger partial charge on any atom is -0.467 e. The van der Waals surface area contributed by atoms with Crippen LogP contribution in [0.4, 0.5) is 0 Å². The van der Waals surface area contributed by atoms with Crippen molar-refractivity contribution >= 4 is 29.6 Å². The molecule has 0 aliphatic rings. The topological polar surface area (TPSA) is 75.6 Å². The average Bonchev–Trinajstić information content (AvgIpc) is 2.45. The van der Waals surface area contributed by atoms with Gasteiger partial charge in [-0.2, -0.15) is 0 Å². The maximum Gasteiger partial charge on any atom is 0.330 e. The van der Waals surface area contributed by atoms with E-state index in [2.05, 4.69) is 10.1 Å². The van der Waals surface area contributed by atoms with E-state index in [0.717, 1.165) is 11.1 Å². The van der Waals surface area contributed by atoms with E-state index in [-0.39, 0.29) is 0 Å². The Morgan fingerprint density at radius 3 is 2.75 bits per heavy atom. The van der Waals surface area contributed by atoms with Gasteiger partial charge in [0.2, 0.25) is 5.91 Å². The van der Waals surface area contributed by atoms with Crippen molar-refractivity contribution in [1.29, 1.82) is 0 Å². The molecule has 20 heavy (non-hydrogen) atoms. The molecule has 0 fully saturated rings. The summed E-state index contributed by atoms with van der Waals surface area (Å²) >= 11 is 5.97. The summed E-state index contributed by atoms with van der Waals surface area (Å²) in [4.78, 5) is 22.8. The molecule has 1 aromatic carbocycles. The largest absolute Gasteiger partial charge is 0.467 e. The van der Waals surface area contributed by atoms with Gasteiger partial charge in [0.25, 0.3) is 0 Å². The van der Waals surface area contributed by atoms with Crippen LogP contribution in [0.2, 0.25) is 5.02 Å². The van der Waals surface area contributed by atoms with Crippen LogP contribution in [0.25, 0.3) is 6.08 Å². The number of amides is 1. The zero-order valence-corrected chi connectivity index (χ0v) is 12.0. The monoisotopic (exact) mass is 297 g/mol. The van der Waals surface area contributed by atoms with Crippen LogP contribution in [0.15, 0.2) is 24.3 Å². The number of carbonyl (C=O) groups is 2. The van der Waals surface area contributed by atoms with Crippen LogP contribution in [0.5, 0.6) is 0 Å². The van der Waals surface area contributed by atoms with Crippen molar-refractivity contribution in [3.63, 3.8) is 0 Å². The Labute approximate surface area is 122 Å². The smallest absolute Gasteiger partial charge is 0.330 e. The van der Waals surface area contributed by atoms with Crippen molar-refractivity contribution in [3.05, 3.63) is 40.4 Å². The highest BCUT2D eigenvalue weighted by atomic mass is 35.5. The quantitative estimate of drug-likeness (QED) is 0.635. The molecule has 0 heterocycles. The van der Waals surface area contributed by atoms with Gasteiger partial charge in [-0.15, -0.1) is 0 Å². The lowest BCUT2D eigenvalue weighted by Crippen LogP contribution is -2.43. The number of halogens is 1. The zero-order chi connectivity index (χ0) is 15.1. The van der Waals surface area contributed by atoms with Gasteiger partial charge in [-0.05, 0) is 30.2 Å². The van der Waals surface area contributed by atoms with Crippen LogP contribution in [-0.2, 0) is 14.3 Å². The summed E-state index contributed by atoms with van der Waals surface area (Å²) in [5, 5.41) is 11.9. The van der Waals surface area contributed by atoms with Gasteiger partial charge >= 0.3 is 5.97 Å². The SMILES string of the molecule is COC(=O)[C@H](CO)NC(=O)/C=C/c1ccc(C)c(Cl)c1. The fourth-order valence-corrected chi connectivity index (χ4v) is 1.61. The number of methoxy groups -OCH3 is 1. The Hall–Kier alpha value is -1.85. The third-order valence-corrected chi connectivity index (χ3v) is 3.02. The first-order valence-corrected chi connectivity index (χ1v) is 6.29. The number of ether oxygens (including phenoxy) is 1. The third kappa shape index (κ3) is 4.68. The number of nitrogens with one attached hydrogen (secondary N) is 1. The van der Waals surface area contributed by atoms with Gasteiger partial charge in [0.05, 0.1) is 13.7 Å². The molecule has 0 spiro atoms. The number of hydrogen-bond donors (Lipinski definition) is 2. The lowest BCUT2D eigenvalue weighted by Gasteiger charge is -2.11. The number of esters is 1. The molecule has 1 atom stereocenters. The number of carbonyl (C=O) groups excluding carboxylic acids is 2. The molecule has 0 bridgehead atoms. The molecule has 5 nitrogen and oxygen atoms in total. The highest BCUT2D eigenvalue weighted by Crippen LogP contribution is 2.17. The molecule has 0 aliphatic heterocycles. The second-order valence-corrected chi connectivity index (χ2v) is 4.52. The van der Waals surface area contributed by atoms with Gasteiger partial charge in [-0.1, -0.05) is 23.7 Å². The van der Waals surface area contributed by atoms with E-state index in [4.69, 9.17) is 16.7 Å². The molecule has 0 saturated carbocycles. The maximum atomic E-state index is 11.6. The third-order valence-electron chi connectivity index (χ3n) is 2.61. The van der Waals surface area contributed by atoms with Crippen LogP contribution in [0.3, 0.4) is 0 Å². The van der Waals surface area contributed by atoms with Gasteiger partial charge in [0.15, 0.2) is 6.04 Å². The standard InChI is InChI=1S/C14H16ClNO4/c1-9-3-4-10(7-11(9)15)5-6-13(18)16-12(8-17)14(19)20-2/h3-7,12,17H,8H2,1-2H3,(H,16,18)/b6-5+/t12-/m0/s1. The molecule has 1 rings (SSSR count). The molecule has 0 aliphatic carbocycles. The predicted molar refractivity (Wildman–Crippen MR) is 76.3 cm³/mol. The van der Waals surface area contributed by atoms with Crippen molar-refractivity contribution < 1.29 is 19.4 Å². The second kappa shape index (κ2) is 7.67. The summed E-state index contributed by atoms with van der Waals surface area (Å²) in [6.45, 7) is 1.35. The Bertz CT molecular complexity index is 528. The van der Waals surface area contributed by atoms with E-state index in [1.54, 1.807) is 12.1 Å². The minimum atomic E-state index is -1.07. The van der Waals surface area contributed by atoms with Gasteiger partial charge in [-0.3, -0.25) is 4.79 Å². The summed E-state index contributed by atoms with van der Waals surface area (Å²) in [6.07, 6.45) is 2.82. The summed E-state index contributed by atoms with van der Waals surface area (Å²) in [6, 6.07) is 4.31. The normalized spacial score (nSPS) is 12.2. The molecule has 108 valence electrons. The zero-order valence-electron chi connectivity index (χ0n) is 11.2. The molecule has 0 saturated heterocycles. The molecule has 2 N–H and O–H groups in total. The van der Waals surface area contributed by atoms with Crippen molar-refractivity contribution in [3.8, 4) is 0 Å². The molecule has 0 unspecified atom stereocenters. The Balaban J connectivity index is 2.67. The predicted octanol–water partition coefficient (Wildman–Crippen LogP) is 1.31. The first-order valence-electron chi connectivity index (χ1n) is 5.91. The van der Waals surface area contributed by atoms with Gasteiger partial charge in [-0.25, -0.2) is 4.79 Å². The highest BCUT2D eigenvalue weighted by Gasteiger charge is 2.18. The van der Waals surface area contributed by atoms with E-state index in [9.17, 15) is 9.59 Å². The van der Waals surface area contributed by atoms with E-state index < -0.39 is 24.5 Å². The van der Waals surface area contributed by atoms with Crippen LogP contribution >= 0.6 is 11.6 Å². The fraction of sp³-hybridized carbons (Fsp3) is 0.286.